The summed E-state index contributed by atoms with van der Waals surface area (Å²) in [5.74, 6) is 1.59. The highest BCUT2D eigenvalue weighted by Crippen LogP contribution is 2.39. The number of halogens is 1. The lowest BCUT2D eigenvalue weighted by Crippen LogP contribution is -2.47. The fourth-order valence-corrected chi connectivity index (χ4v) is 6.79. The highest BCUT2D eigenvalue weighted by atomic mass is 35.5. The topological polar surface area (TPSA) is 85.7 Å². The molecule has 2 aliphatic heterocycles. The van der Waals surface area contributed by atoms with Crippen LogP contribution in [0.2, 0.25) is 5.02 Å². The number of unbranched alkanes of at least 4 members (excludes halogenated alkanes) is 3. The van der Waals surface area contributed by atoms with Gasteiger partial charge in [0.05, 0.1) is 24.1 Å². The molecule has 3 aliphatic rings. The summed E-state index contributed by atoms with van der Waals surface area (Å²) in [4.78, 5) is 33.4. The number of nitrogens with one attached hydrogen (secondary N) is 2. The van der Waals surface area contributed by atoms with Crippen LogP contribution in [0.25, 0.3) is 0 Å². The summed E-state index contributed by atoms with van der Waals surface area (Å²) >= 11 is 6.30. The third kappa shape index (κ3) is 7.85. The lowest BCUT2D eigenvalue weighted by Gasteiger charge is -2.34. The van der Waals surface area contributed by atoms with Crippen molar-refractivity contribution in [1.82, 2.24) is 24.9 Å². The normalized spacial score (nSPS) is 21.3. The Kier molecular flexibility index (Phi) is 10.8. The minimum atomic E-state index is -0.0241. The van der Waals surface area contributed by atoms with Gasteiger partial charge in [0.1, 0.15) is 5.82 Å². The van der Waals surface area contributed by atoms with Crippen molar-refractivity contribution < 1.29 is 9.59 Å². The Balaban J connectivity index is 1.03. The number of aromatic nitrogens is 2. The molecule has 230 valence electrons. The highest BCUT2D eigenvalue weighted by Gasteiger charge is 2.33. The van der Waals surface area contributed by atoms with E-state index in [-0.39, 0.29) is 17.7 Å². The van der Waals surface area contributed by atoms with Crippen molar-refractivity contribution in [3.05, 3.63) is 35.0 Å². The van der Waals surface area contributed by atoms with Crippen LogP contribution in [0, 0.1) is 11.8 Å². The molecule has 1 aromatic carbocycles. The van der Waals surface area contributed by atoms with Crippen molar-refractivity contribution in [3.63, 3.8) is 0 Å². The summed E-state index contributed by atoms with van der Waals surface area (Å²) in [6, 6.07) is 5.64. The van der Waals surface area contributed by atoms with E-state index in [2.05, 4.69) is 32.5 Å². The van der Waals surface area contributed by atoms with Crippen LogP contribution in [0.5, 0.6) is 0 Å². The number of fused-ring (bicyclic) bond motifs is 2. The predicted molar refractivity (Wildman–Crippen MR) is 169 cm³/mol. The fourth-order valence-electron chi connectivity index (χ4n) is 6.62. The van der Waals surface area contributed by atoms with E-state index in [1.54, 1.807) is 4.68 Å². The number of carbonyl (C=O) groups excluding carboxylic acids is 2. The number of hydrogen-bond acceptors (Lipinski definition) is 6. The number of carbonyl (C=O) groups is 2. The van der Waals surface area contributed by atoms with Gasteiger partial charge >= 0.3 is 0 Å². The first kappa shape index (κ1) is 30.8. The van der Waals surface area contributed by atoms with E-state index in [1.165, 1.54) is 32.2 Å². The van der Waals surface area contributed by atoms with Crippen molar-refractivity contribution in [2.45, 2.75) is 71.3 Å². The van der Waals surface area contributed by atoms with Crippen LogP contribution in [0.1, 0.15) is 70.3 Å². The van der Waals surface area contributed by atoms with E-state index in [1.807, 2.05) is 36.3 Å². The van der Waals surface area contributed by atoms with Gasteiger partial charge in [-0.05, 0) is 62.8 Å². The van der Waals surface area contributed by atoms with Crippen LogP contribution in [0.4, 0.5) is 17.2 Å². The Morgan fingerprint density at radius 3 is 2.50 bits per heavy atom. The largest absolute Gasteiger partial charge is 0.356 e. The van der Waals surface area contributed by atoms with Crippen LogP contribution < -0.4 is 15.5 Å². The molecule has 0 unspecified atom stereocenters. The molecule has 1 saturated heterocycles. The van der Waals surface area contributed by atoms with Gasteiger partial charge < -0.3 is 25.3 Å². The molecule has 0 bridgehead atoms. The molecular weight excluding hydrogens is 550 g/mol. The maximum Gasteiger partial charge on any atom is 0.230 e. The quantitative estimate of drug-likeness (QED) is 0.348. The van der Waals surface area contributed by atoms with E-state index in [0.717, 1.165) is 81.2 Å². The van der Waals surface area contributed by atoms with E-state index in [9.17, 15) is 9.59 Å². The molecule has 42 heavy (non-hydrogen) atoms. The second-order valence-corrected chi connectivity index (χ2v) is 12.8. The van der Waals surface area contributed by atoms with Crippen LogP contribution in [-0.4, -0.2) is 77.2 Å². The molecule has 1 saturated carbocycles. The molecule has 3 heterocycles. The van der Waals surface area contributed by atoms with E-state index >= 15 is 0 Å². The third-order valence-corrected chi connectivity index (χ3v) is 9.58. The minimum absolute atomic E-state index is 0.0241. The maximum absolute atomic E-state index is 13.8. The summed E-state index contributed by atoms with van der Waals surface area (Å²) in [6.07, 6.45) is 11.2. The SMILES string of the molecule is CCCCCCN1CCN(CCC(=O)NCC2CCC(C(=O)N3Cc4cnn(C)c4Nc4cc(Cl)ccc43)CC2)CC1. The van der Waals surface area contributed by atoms with E-state index in [0.29, 0.717) is 30.5 Å². The Labute approximate surface area is 255 Å². The first-order chi connectivity index (χ1) is 20.4. The number of nitrogens with zero attached hydrogens (tertiary/aromatic N) is 5. The molecule has 2 aromatic rings. The van der Waals surface area contributed by atoms with Gasteiger partial charge in [-0.1, -0.05) is 37.8 Å². The van der Waals surface area contributed by atoms with Crippen molar-refractivity contribution >= 4 is 40.6 Å². The number of piperazine rings is 1. The van der Waals surface area contributed by atoms with Crippen molar-refractivity contribution in [2.24, 2.45) is 18.9 Å². The number of aryl methyl sites for hydroxylation is 1. The Hall–Kier alpha value is -2.62. The average molecular weight is 598 g/mol. The summed E-state index contributed by atoms with van der Waals surface area (Å²) in [5, 5.41) is 11.6. The monoisotopic (exact) mass is 597 g/mol. The lowest BCUT2D eigenvalue weighted by atomic mass is 9.81. The number of rotatable bonds is 11. The van der Waals surface area contributed by atoms with Crippen LogP contribution in [-0.2, 0) is 23.2 Å². The van der Waals surface area contributed by atoms with Crippen LogP contribution in [0.15, 0.2) is 24.4 Å². The molecule has 5 rings (SSSR count). The van der Waals surface area contributed by atoms with Crippen molar-refractivity contribution in [2.75, 3.05) is 56.0 Å². The number of hydrogen-bond donors (Lipinski definition) is 2. The van der Waals surface area contributed by atoms with Gasteiger partial charge in [0.2, 0.25) is 11.8 Å². The Bertz CT molecular complexity index is 1200. The molecule has 2 fully saturated rings. The maximum atomic E-state index is 13.8. The number of anilines is 3. The average Bonchev–Trinajstić information content (AvgIpc) is 3.25. The number of benzene rings is 1. The molecule has 0 atom stereocenters. The zero-order valence-corrected chi connectivity index (χ0v) is 26.2. The van der Waals surface area contributed by atoms with Crippen molar-refractivity contribution in [3.8, 4) is 0 Å². The smallest absolute Gasteiger partial charge is 0.230 e. The molecule has 2 amide bonds. The van der Waals surface area contributed by atoms with Gasteiger partial charge in [0.15, 0.2) is 0 Å². The first-order valence-electron chi connectivity index (χ1n) is 16.0. The van der Waals surface area contributed by atoms with Gasteiger partial charge in [-0.3, -0.25) is 14.3 Å². The molecule has 1 aromatic heterocycles. The highest BCUT2D eigenvalue weighted by molar-refractivity contribution is 6.31. The zero-order chi connectivity index (χ0) is 29.5. The Morgan fingerprint density at radius 2 is 1.76 bits per heavy atom. The molecule has 9 nitrogen and oxygen atoms in total. The minimum Gasteiger partial charge on any atom is -0.356 e. The zero-order valence-electron chi connectivity index (χ0n) is 25.4. The molecule has 2 N–H and O–H groups in total. The lowest BCUT2D eigenvalue weighted by molar-refractivity contribution is -0.124. The number of amides is 2. The second kappa shape index (κ2) is 14.7. The van der Waals surface area contributed by atoms with E-state index < -0.39 is 0 Å². The first-order valence-corrected chi connectivity index (χ1v) is 16.4. The van der Waals surface area contributed by atoms with Gasteiger partial charge in [-0.2, -0.15) is 5.10 Å². The molecule has 0 radical (unpaired) electrons. The summed E-state index contributed by atoms with van der Waals surface area (Å²) in [7, 11) is 1.89. The summed E-state index contributed by atoms with van der Waals surface area (Å²) in [5.41, 5.74) is 2.65. The molecular formula is C32H48ClN7O2. The summed E-state index contributed by atoms with van der Waals surface area (Å²) in [6.45, 7) is 9.85. The van der Waals surface area contributed by atoms with Crippen LogP contribution in [0.3, 0.4) is 0 Å². The predicted octanol–water partition coefficient (Wildman–Crippen LogP) is 5.17. The Morgan fingerprint density at radius 1 is 1.02 bits per heavy atom. The summed E-state index contributed by atoms with van der Waals surface area (Å²) < 4.78 is 1.80. The van der Waals surface area contributed by atoms with Gasteiger partial charge in [0.25, 0.3) is 0 Å². The van der Waals surface area contributed by atoms with Crippen molar-refractivity contribution in [1.29, 1.82) is 0 Å². The van der Waals surface area contributed by atoms with Gasteiger partial charge in [-0.15, -0.1) is 0 Å². The van der Waals surface area contributed by atoms with Crippen LogP contribution >= 0.6 is 11.6 Å². The fraction of sp³-hybridized carbons (Fsp3) is 0.656. The third-order valence-electron chi connectivity index (χ3n) is 9.34. The standard InChI is InChI=1S/C32H48ClN7O2/c1-3-4-5-6-14-38-16-18-39(19-17-38)15-13-30(41)34-21-24-7-9-25(10-8-24)32(42)40-23-26-22-35-37(2)31(26)36-28-20-27(33)11-12-29(28)40/h11-12,20,22,24-25,36H,3-10,13-19,21,23H2,1-2H3,(H,34,41). The molecule has 10 heteroatoms. The van der Waals surface area contributed by atoms with Gasteiger partial charge in [0, 0.05) is 69.2 Å². The van der Waals surface area contributed by atoms with Gasteiger partial charge in [-0.25, -0.2) is 0 Å². The second-order valence-electron chi connectivity index (χ2n) is 12.4. The molecule has 1 aliphatic carbocycles. The molecule has 0 spiro atoms. The van der Waals surface area contributed by atoms with E-state index in [4.69, 9.17) is 11.6 Å².